The van der Waals surface area contributed by atoms with Crippen molar-refractivity contribution in [3.63, 3.8) is 0 Å². The molecule has 6 nitrogen and oxygen atoms in total. The summed E-state index contributed by atoms with van der Waals surface area (Å²) in [6.07, 6.45) is 0.324. The van der Waals surface area contributed by atoms with E-state index >= 15 is 0 Å². The van der Waals surface area contributed by atoms with E-state index in [1.165, 1.54) is 4.90 Å². The molecule has 1 heterocycles. The lowest BCUT2D eigenvalue weighted by Crippen LogP contribution is -2.54. The van der Waals surface area contributed by atoms with Crippen LogP contribution in [0.2, 0.25) is 10.0 Å². The second-order valence-electron chi connectivity index (χ2n) is 8.11. The van der Waals surface area contributed by atoms with Crippen LogP contribution in [0.25, 0.3) is 0 Å². The number of carbonyl (C=O) groups excluding carboxylic acids is 2. The van der Waals surface area contributed by atoms with Gasteiger partial charge < -0.3 is 14.7 Å². The van der Waals surface area contributed by atoms with Crippen molar-refractivity contribution in [1.29, 1.82) is 0 Å². The Labute approximate surface area is 203 Å². The third kappa shape index (κ3) is 5.68. The number of carboxylic acid groups (broad SMARTS) is 1. The second-order valence-corrected chi connectivity index (χ2v) is 8.98. The molecule has 4 atom stereocenters. The van der Waals surface area contributed by atoms with Crippen molar-refractivity contribution in [2.24, 2.45) is 5.92 Å². The number of ether oxygens (including phenoxy) is 1. The minimum absolute atomic E-state index is 0.180. The number of piperidine rings is 1. The lowest BCUT2D eigenvalue weighted by Gasteiger charge is -2.47. The summed E-state index contributed by atoms with van der Waals surface area (Å²) in [5.41, 5.74) is 1.67. The highest BCUT2D eigenvalue weighted by Crippen LogP contribution is 2.47. The zero-order chi connectivity index (χ0) is 24.1. The maximum atomic E-state index is 13.7. The number of halogens is 2. The fourth-order valence-corrected chi connectivity index (χ4v) is 4.96. The lowest BCUT2D eigenvalue weighted by atomic mass is 9.74. The number of likely N-dealkylation sites (tertiary alicyclic amines) is 1. The van der Waals surface area contributed by atoms with Gasteiger partial charge >= 0.3 is 11.9 Å². The third-order valence-corrected chi connectivity index (χ3v) is 6.50. The lowest BCUT2D eigenvalue weighted by molar-refractivity contribution is -0.163. The molecular formula is C25H27Cl2NO5. The molecule has 2 aromatic carbocycles. The maximum Gasteiger partial charge on any atom is 0.328 e. The predicted octanol–water partition coefficient (Wildman–Crippen LogP) is 5.48. The summed E-state index contributed by atoms with van der Waals surface area (Å²) in [5.74, 6) is -3.00. The summed E-state index contributed by atoms with van der Waals surface area (Å²) >= 11 is 12.4. The van der Waals surface area contributed by atoms with Crippen LogP contribution in [0.5, 0.6) is 0 Å². The molecule has 1 aliphatic rings. The molecule has 2 aromatic rings. The van der Waals surface area contributed by atoms with Crippen molar-refractivity contribution in [2.75, 3.05) is 6.61 Å². The Kier molecular flexibility index (Phi) is 8.38. The molecule has 0 radical (unpaired) electrons. The Morgan fingerprint density at radius 3 is 2.36 bits per heavy atom. The zero-order valence-corrected chi connectivity index (χ0v) is 20.1. The number of rotatable bonds is 8. The third-order valence-electron chi connectivity index (χ3n) is 6.01. The summed E-state index contributed by atoms with van der Waals surface area (Å²) < 4.78 is 5.28. The predicted molar refractivity (Wildman–Crippen MR) is 126 cm³/mol. The van der Waals surface area contributed by atoms with Crippen LogP contribution in [0.3, 0.4) is 0 Å². The van der Waals surface area contributed by atoms with E-state index in [1.54, 1.807) is 25.1 Å². The van der Waals surface area contributed by atoms with Gasteiger partial charge in [0.15, 0.2) is 0 Å². The molecule has 0 aliphatic carbocycles. The fourth-order valence-electron chi connectivity index (χ4n) is 4.63. The Morgan fingerprint density at radius 1 is 1.09 bits per heavy atom. The number of nitrogens with zero attached hydrogens (tertiary/aromatic N) is 1. The number of carbonyl (C=O) groups is 3. The average molecular weight is 492 g/mol. The highest BCUT2D eigenvalue weighted by Gasteiger charge is 2.48. The van der Waals surface area contributed by atoms with Crippen molar-refractivity contribution in [1.82, 2.24) is 4.90 Å². The summed E-state index contributed by atoms with van der Waals surface area (Å²) in [4.78, 5) is 39.7. The molecule has 0 spiro atoms. The van der Waals surface area contributed by atoms with Crippen LogP contribution in [0.4, 0.5) is 0 Å². The SMILES string of the molecule is CCOC(=O)C(CC)N1C(=O)C(CC(=O)O)C[C@H](c2cccc(Cl)c2)[C@H]1c1ccc(Cl)cc1. The standard InChI is InChI=1S/C25H27Cl2NO5/c1-3-21(25(32)33-4-2)28-23(15-8-10-18(26)11-9-15)20(16-6-5-7-19(27)12-16)13-17(24(28)31)14-22(29)30/h5-12,17,20-21,23H,3-4,13-14H2,1-2H3,(H,29,30)/t17?,20-,21?,23-/m1/s1. The normalized spacial score (nSPS) is 21.5. The Morgan fingerprint density at radius 2 is 1.79 bits per heavy atom. The molecule has 2 unspecified atom stereocenters. The molecule has 8 heteroatoms. The van der Waals surface area contributed by atoms with Gasteiger partial charge in [0.25, 0.3) is 0 Å². The molecule has 0 bridgehead atoms. The smallest absolute Gasteiger partial charge is 0.328 e. The second kappa shape index (κ2) is 11.0. The van der Waals surface area contributed by atoms with Gasteiger partial charge in [0.05, 0.1) is 19.1 Å². The van der Waals surface area contributed by atoms with Gasteiger partial charge in [0, 0.05) is 21.9 Å². The van der Waals surface area contributed by atoms with Gasteiger partial charge in [-0.3, -0.25) is 9.59 Å². The van der Waals surface area contributed by atoms with E-state index in [2.05, 4.69) is 0 Å². The molecule has 1 aliphatic heterocycles. The molecule has 1 fully saturated rings. The first-order chi connectivity index (χ1) is 15.8. The summed E-state index contributed by atoms with van der Waals surface area (Å²) in [6.45, 7) is 3.70. The Hall–Kier alpha value is -2.57. The molecule has 0 saturated carbocycles. The number of amides is 1. The van der Waals surface area contributed by atoms with Crippen molar-refractivity contribution >= 4 is 41.0 Å². The minimum atomic E-state index is -1.06. The number of hydrogen-bond donors (Lipinski definition) is 1. The first kappa shape index (κ1) is 25.1. The molecule has 3 rings (SSSR count). The van der Waals surface area contributed by atoms with Crippen molar-refractivity contribution < 1.29 is 24.2 Å². The van der Waals surface area contributed by atoms with Gasteiger partial charge in [-0.15, -0.1) is 0 Å². The highest BCUT2D eigenvalue weighted by molar-refractivity contribution is 6.30. The number of carboxylic acids is 1. The largest absolute Gasteiger partial charge is 0.481 e. The van der Waals surface area contributed by atoms with E-state index < -0.39 is 29.9 Å². The van der Waals surface area contributed by atoms with Crippen LogP contribution >= 0.6 is 23.2 Å². The molecule has 1 N–H and O–H groups in total. The van der Waals surface area contributed by atoms with Gasteiger partial charge in [0.1, 0.15) is 6.04 Å². The van der Waals surface area contributed by atoms with E-state index in [0.29, 0.717) is 22.9 Å². The minimum Gasteiger partial charge on any atom is -0.481 e. The molecule has 0 aromatic heterocycles. The maximum absolute atomic E-state index is 13.7. The monoisotopic (exact) mass is 491 g/mol. The number of esters is 1. The molecular weight excluding hydrogens is 465 g/mol. The van der Waals surface area contributed by atoms with Crippen LogP contribution in [0.1, 0.15) is 56.2 Å². The Balaban J connectivity index is 2.20. The van der Waals surface area contributed by atoms with E-state index in [1.807, 2.05) is 37.3 Å². The summed E-state index contributed by atoms with van der Waals surface area (Å²) in [6, 6.07) is 13.1. The van der Waals surface area contributed by atoms with Gasteiger partial charge in [-0.25, -0.2) is 4.79 Å². The van der Waals surface area contributed by atoms with E-state index in [0.717, 1.165) is 11.1 Å². The number of hydrogen-bond acceptors (Lipinski definition) is 4. The number of benzene rings is 2. The summed E-state index contributed by atoms with van der Waals surface area (Å²) in [7, 11) is 0. The van der Waals surface area contributed by atoms with Crippen LogP contribution in [0, 0.1) is 5.92 Å². The first-order valence-electron chi connectivity index (χ1n) is 11.0. The van der Waals surface area contributed by atoms with Crippen molar-refractivity contribution in [2.45, 2.75) is 51.1 Å². The summed E-state index contributed by atoms with van der Waals surface area (Å²) in [5, 5.41) is 10.6. The fraction of sp³-hybridized carbons (Fsp3) is 0.400. The quantitative estimate of drug-likeness (QED) is 0.494. The van der Waals surface area contributed by atoms with Crippen LogP contribution in [-0.4, -0.2) is 40.5 Å². The van der Waals surface area contributed by atoms with Gasteiger partial charge in [-0.05, 0) is 55.2 Å². The molecule has 176 valence electrons. The van der Waals surface area contributed by atoms with Gasteiger partial charge in [0.2, 0.25) is 5.91 Å². The first-order valence-corrected chi connectivity index (χ1v) is 11.7. The average Bonchev–Trinajstić information content (AvgIpc) is 2.77. The van der Waals surface area contributed by atoms with Gasteiger partial charge in [-0.1, -0.05) is 54.4 Å². The van der Waals surface area contributed by atoms with Crippen molar-refractivity contribution in [3.05, 3.63) is 69.7 Å². The van der Waals surface area contributed by atoms with E-state index in [4.69, 9.17) is 27.9 Å². The highest BCUT2D eigenvalue weighted by atomic mass is 35.5. The van der Waals surface area contributed by atoms with Gasteiger partial charge in [-0.2, -0.15) is 0 Å². The van der Waals surface area contributed by atoms with Crippen molar-refractivity contribution in [3.8, 4) is 0 Å². The van der Waals surface area contributed by atoms with Crippen LogP contribution in [-0.2, 0) is 19.1 Å². The van der Waals surface area contributed by atoms with E-state index in [-0.39, 0.29) is 24.9 Å². The topological polar surface area (TPSA) is 83.9 Å². The Bertz CT molecular complexity index is 1010. The van der Waals surface area contributed by atoms with Crippen LogP contribution < -0.4 is 0 Å². The molecule has 33 heavy (non-hydrogen) atoms. The van der Waals surface area contributed by atoms with E-state index in [9.17, 15) is 19.5 Å². The van der Waals surface area contributed by atoms with Crippen LogP contribution in [0.15, 0.2) is 48.5 Å². The zero-order valence-electron chi connectivity index (χ0n) is 18.5. The number of aliphatic carboxylic acids is 1. The molecule has 1 saturated heterocycles. The molecule has 1 amide bonds.